The summed E-state index contributed by atoms with van der Waals surface area (Å²) in [6, 6.07) is 13.5. The van der Waals surface area contributed by atoms with Gasteiger partial charge in [-0.15, -0.1) is 10.2 Å². The lowest BCUT2D eigenvalue weighted by molar-refractivity contribution is -0.113. The molecule has 2 aromatic heterocycles. The minimum atomic E-state index is -0.153. The molecule has 9 heteroatoms. The first kappa shape index (κ1) is 20.0. The fraction of sp³-hybridized carbons (Fsp3) is 0.238. The lowest BCUT2D eigenvalue weighted by atomic mass is 10.1. The molecule has 0 aliphatic rings. The Hall–Kier alpha value is -3.33. The molecular weight excluding hydrogens is 400 g/mol. The Bertz CT molecular complexity index is 1300. The number of aryl methyl sites for hydroxylation is 3. The molecular formula is C21H22N6O2S. The molecule has 0 aliphatic heterocycles. The number of hydrogen-bond acceptors (Lipinski definition) is 5. The first-order valence-corrected chi connectivity index (χ1v) is 10.4. The van der Waals surface area contributed by atoms with Crippen molar-refractivity contribution in [3.05, 3.63) is 58.5 Å². The molecule has 0 unspecified atom stereocenters. The predicted molar refractivity (Wildman–Crippen MR) is 119 cm³/mol. The Morgan fingerprint density at radius 3 is 2.40 bits per heavy atom. The SMILES string of the molecule is Cc1ccc(-c2nnc(SCC(=O)Nc3ccc4c(c3)n(C)c(=O)n4C)n2C)cc1. The zero-order valence-corrected chi connectivity index (χ0v) is 18.0. The van der Waals surface area contributed by atoms with Crippen molar-refractivity contribution < 1.29 is 4.79 Å². The fourth-order valence-corrected chi connectivity index (χ4v) is 4.02. The second-order valence-electron chi connectivity index (χ2n) is 7.17. The molecule has 30 heavy (non-hydrogen) atoms. The van der Waals surface area contributed by atoms with Crippen molar-refractivity contribution in [1.82, 2.24) is 23.9 Å². The Morgan fingerprint density at radius 1 is 0.967 bits per heavy atom. The minimum Gasteiger partial charge on any atom is -0.325 e. The molecule has 2 heterocycles. The normalized spacial score (nSPS) is 11.2. The highest BCUT2D eigenvalue weighted by atomic mass is 32.2. The number of aromatic nitrogens is 5. The van der Waals surface area contributed by atoms with E-state index in [2.05, 4.69) is 15.5 Å². The van der Waals surface area contributed by atoms with E-state index in [1.165, 1.54) is 17.3 Å². The highest BCUT2D eigenvalue weighted by Crippen LogP contribution is 2.23. The van der Waals surface area contributed by atoms with Gasteiger partial charge in [-0.2, -0.15) is 0 Å². The quantitative estimate of drug-likeness (QED) is 0.500. The second kappa shape index (κ2) is 7.83. The number of imidazole rings is 1. The van der Waals surface area contributed by atoms with Gasteiger partial charge in [0.2, 0.25) is 5.91 Å². The summed E-state index contributed by atoms with van der Waals surface area (Å²) in [5.74, 6) is 0.805. The number of fused-ring (bicyclic) bond motifs is 1. The van der Waals surface area contributed by atoms with Crippen molar-refractivity contribution in [1.29, 1.82) is 0 Å². The van der Waals surface area contributed by atoms with Crippen LogP contribution in [0.3, 0.4) is 0 Å². The maximum Gasteiger partial charge on any atom is 0.328 e. The molecule has 1 N–H and O–H groups in total. The summed E-state index contributed by atoms with van der Waals surface area (Å²) < 4.78 is 5.02. The fourth-order valence-electron chi connectivity index (χ4n) is 3.31. The van der Waals surface area contributed by atoms with Crippen LogP contribution in [0.4, 0.5) is 5.69 Å². The molecule has 0 saturated heterocycles. The van der Waals surface area contributed by atoms with E-state index in [-0.39, 0.29) is 17.3 Å². The zero-order valence-electron chi connectivity index (χ0n) is 17.2. The van der Waals surface area contributed by atoms with Crippen LogP contribution in [0.2, 0.25) is 0 Å². The lowest BCUT2D eigenvalue weighted by Gasteiger charge is -2.07. The third-order valence-electron chi connectivity index (χ3n) is 5.03. The topological polar surface area (TPSA) is 86.7 Å². The van der Waals surface area contributed by atoms with Crippen LogP contribution in [0.5, 0.6) is 0 Å². The number of benzene rings is 2. The van der Waals surface area contributed by atoms with Crippen molar-refractivity contribution in [2.45, 2.75) is 12.1 Å². The Morgan fingerprint density at radius 2 is 1.67 bits per heavy atom. The number of anilines is 1. The number of nitrogens with zero attached hydrogens (tertiary/aromatic N) is 5. The Labute approximate surface area is 177 Å². The summed E-state index contributed by atoms with van der Waals surface area (Å²) >= 11 is 1.32. The average molecular weight is 423 g/mol. The molecule has 4 rings (SSSR count). The molecule has 0 aliphatic carbocycles. The molecule has 1 amide bonds. The summed E-state index contributed by atoms with van der Waals surface area (Å²) in [4.78, 5) is 24.5. The van der Waals surface area contributed by atoms with E-state index in [1.54, 1.807) is 35.4 Å². The number of carbonyl (C=O) groups excluding carboxylic acids is 1. The van der Waals surface area contributed by atoms with Crippen LogP contribution in [-0.4, -0.2) is 35.6 Å². The number of nitrogens with one attached hydrogen (secondary N) is 1. The van der Waals surface area contributed by atoms with Gasteiger partial charge < -0.3 is 9.88 Å². The van der Waals surface area contributed by atoms with E-state index in [0.717, 1.165) is 22.4 Å². The third kappa shape index (κ3) is 3.63. The third-order valence-corrected chi connectivity index (χ3v) is 6.05. The number of rotatable bonds is 5. The van der Waals surface area contributed by atoms with Gasteiger partial charge in [0.25, 0.3) is 0 Å². The maximum absolute atomic E-state index is 12.4. The summed E-state index contributed by atoms with van der Waals surface area (Å²) in [5, 5.41) is 12.0. The molecule has 0 atom stereocenters. The van der Waals surface area contributed by atoms with Crippen molar-refractivity contribution in [2.75, 3.05) is 11.1 Å². The van der Waals surface area contributed by atoms with Crippen LogP contribution in [0.25, 0.3) is 22.4 Å². The van der Waals surface area contributed by atoms with Crippen molar-refractivity contribution in [2.24, 2.45) is 21.1 Å². The first-order chi connectivity index (χ1) is 14.3. The lowest BCUT2D eigenvalue weighted by Crippen LogP contribution is -2.19. The highest BCUT2D eigenvalue weighted by molar-refractivity contribution is 7.99. The van der Waals surface area contributed by atoms with Gasteiger partial charge in [0.1, 0.15) is 0 Å². The maximum atomic E-state index is 12.4. The van der Waals surface area contributed by atoms with Crippen LogP contribution >= 0.6 is 11.8 Å². The van der Waals surface area contributed by atoms with Crippen LogP contribution < -0.4 is 11.0 Å². The summed E-state index contributed by atoms with van der Waals surface area (Å²) in [6.07, 6.45) is 0. The average Bonchev–Trinajstić information content (AvgIpc) is 3.20. The van der Waals surface area contributed by atoms with E-state index in [1.807, 2.05) is 48.9 Å². The van der Waals surface area contributed by atoms with Crippen LogP contribution in [0, 0.1) is 6.92 Å². The van der Waals surface area contributed by atoms with Gasteiger partial charge in [-0.3, -0.25) is 13.9 Å². The van der Waals surface area contributed by atoms with Crippen molar-refractivity contribution in [3.8, 4) is 11.4 Å². The largest absolute Gasteiger partial charge is 0.328 e. The zero-order chi connectivity index (χ0) is 21.4. The van der Waals surface area contributed by atoms with Gasteiger partial charge in [0.05, 0.1) is 16.8 Å². The molecule has 4 aromatic rings. The molecule has 2 aromatic carbocycles. The van der Waals surface area contributed by atoms with Gasteiger partial charge in [-0.05, 0) is 25.1 Å². The smallest absolute Gasteiger partial charge is 0.325 e. The molecule has 0 bridgehead atoms. The first-order valence-electron chi connectivity index (χ1n) is 9.39. The van der Waals surface area contributed by atoms with E-state index in [9.17, 15) is 9.59 Å². The van der Waals surface area contributed by atoms with E-state index in [0.29, 0.717) is 10.8 Å². The van der Waals surface area contributed by atoms with Gasteiger partial charge in [-0.1, -0.05) is 41.6 Å². The van der Waals surface area contributed by atoms with E-state index < -0.39 is 0 Å². The molecule has 154 valence electrons. The van der Waals surface area contributed by atoms with Gasteiger partial charge >= 0.3 is 5.69 Å². The standard InChI is InChI=1S/C21H22N6O2S/c1-13-5-7-14(8-6-13)19-23-24-20(27(19)4)30-12-18(28)22-15-9-10-16-17(11-15)26(3)21(29)25(16)2/h5-11H,12H2,1-4H3,(H,22,28). The van der Waals surface area contributed by atoms with Crippen LogP contribution in [-0.2, 0) is 25.9 Å². The molecule has 8 nitrogen and oxygen atoms in total. The highest BCUT2D eigenvalue weighted by Gasteiger charge is 2.14. The molecule has 0 saturated carbocycles. The number of amides is 1. The molecule has 0 spiro atoms. The summed E-state index contributed by atoms with van der Waals surface area (Å²) in [5.41, 5.74) is 4.29. The number of thioether (sulfide) groups is 1. The summed E-state index contributed by atoms with van der Waals surface area (Å²) in [6.45, 7) is 2.04. The predicted octanol–water partition coefficient (Wildman–Crippen LogP) is 2.71. The van der Waals surface area contributed by atoms with Crippen LogP contribution in [0.15, 0.2) is 52.4 Å². The van der Waals surface area contributed by atoms with E-state index >= 15 is 0 Å². The molecule has 0 fully saturated rings. The van der Waals surface area contributed by atoms with Gasteiger partial charge in [0, 0.05) is 32.4 Å². The minimum absolute atomic E-state index is 0.101. The molecule has 0 radical (unpaired) electrons. The van der Waals surface area contributed by atoms with E-state index in [4.69, 9.17) is 0 Å². The Balaban J connectivity index is 1.44. The second-order valence-corrected chi connectivity index (χ2v) is 8.11. The summed E-state index contributed by atoms with van der Waals surface area (Å²) in [7, 11) is 5.33. The Kier molecular flexibility index (Phi) is 5.21. The van der Waals surface area contributed by atoms with Gasteiger partial charge in [-0.25, -0.2) is 4.79 Å². The monoisotopic (exact) mass is 422 g/mol. The van der Waals surface area contributed by atoms with Crippen LogP contribution in [0.1, 0.15) is 5.56 Å². The number of hydrogen-bond donors (Lipinski definition) is 1. The van der Waals surface area contributed by atoms with Crippen molar-refractivity contribution >= 4 is 34.4 Å². The number of carbonyl (C=O) groups is 1. The van der Waals surface area contributed by atoms with Crippen molar-refractivity contribution in [3.63, 3.8) is 0 Å². The van der Waals surface area contributed by atoms with Gasteiger partial charge in [0.15, 0.2) is 11.0 Å².